The number of aliphatic hydroxyl groups excluding tert-OH is 1. The molecule has 130 valence electrons. The molecule has 0 radical (unpaired) electrons. The predicted octanol–water partition coefficient (Wildman–Crippen LogP) is 2.60. The van der Waals surface area contributed by atoms with Crippen molar-refractivity contribution in [2.45, 2.75) is 31.6 Å². The Labute approximate surface area is 148 Å². The SMILES string of the molecule is CC1(C)Oc2ccc(C#N)cc2[C@H](N(CCN)c2ccccc2)[C@H]1O. The van der Waals surface area contributed by atoms with Crippen LogP contribution in [0.2, 0.25) is 0 Å². The number of aliphatic hydroxyl groups is 1. The Morgan fingerprint density at radius 1 is 1.24 bits per heavy atom. The first kappa shape index (κ1) is 17.3. The molecule has 2 atom stereocenters. The molecule has 1 heterocycles. The van der Waals surface area contributed by atoms with Gasteiger partial charge in [0.2, 0.25) is 0 Å². The molecule has 0 aromatic heterocycles. The number of fused-ring (bicyclic) bond motifs is 1. The number of benzene rings is 2. The average molecular weight is 337 g/mol. The molecule has 0 saturated carbocycles. The van der Waals surface area contributed by atoms with Crippen LogP contribution in [0.5, 0.6) is 5.75 Å². The summed E-state index contributed by atoms with van der Waals surface area (Å²) >= 11 is 0. The number of para-hydroxylation sites is 1. The molecule has 5 nitrogen and oxygen atoms in total. The fourth-order valence-electron chi connectivity index (χ4n) is 3.36. The van der Waals surface area contributed by atoms with Gasteiger partial charge in [-0.2, -0.15) is 5.26 Å². The highest BCUT2D eigenvalue weighted by molar-refractivity contribution is 5.54. The first-order valence-electron chi connectivity index (χ1n) is 8.41. The van der Waals surface area contributed by atoms with E-state index in [0.717, 1.165) is 11.3 Å². The molecular formula is C20H23N3O2. The van der Waals surface area contributed by atoms with E-state index >= 15 is 0 Å². The molecule has 0 bridgehead atoms. The molecule has 0 fully saturated rings. The van der Waals surface area contributed by atoms with E-state index in [4.69, 9.17) is 10.5 Å². The van der Waals surface area contributed by atoms with Crippen molar-refractivity contribution in [1.29, 1.82) is 5.26 Å². The van der Waals surface area contributed by atoms with Crippen molar-refractivity contribution in [3.05, 3.63) is 59.7 Å². The van der Waals surface area contributed by atoms with Gasteiger partial charge in [0, 0.05) is 24.3 Å². The number of hydrogen-bond donors (Lipinski definition) is 2. The van der Waals surface area contributed by atoms with Crippen LogP contribution in [-0.4, -0.2) is 29.9 Å². The number of nitrogens with zero attached hydrogens (tertiary/aromatic N) is 2. The topological polar surface area (TPSA) is 82.5 Å². The van der Waals surface area contributed by atoms with Crippen LogP contribution in [0, 0.1) is 11.3 Å². The van der Waals surface area contributed by atoms with Gasteiger partial charge in [0.1, 0.15) is 17.5 Å². The monoisotopic (exact) mass is 337 g/mol. The van der Waals surface area contributed by atoms with Gasteiger partial charge in [-0.15, -0.1) is 0 Å². The fourth-order valence-corrected chi connectivity index (χ4v) is 3.36. The maximum absolute atomic E-state index is 11.1. The van der Waals surface area contributed by atoms with Gasteiger partial charge in [-0.05, 0) is 44.2 Å². The zero-order valence-electron chi connectivity index (χ0n) is 14.5. The molecule has 0 amide bonds. The highest BCUT2D eigenvalue weighted by atomic mass is 16.5. The van der Waals surface area contributed by atoms with Crippen molar-refractivity contribution >= 4 is 5.69 Å². The molecule has 3 N–H and O–H groups in total. The number of nitriles is 1. The zero-order valence-corrected chi connectivity index (χ0v) is 14.5. The van der Waals surface area contributed by atoms with Gasteiger partial charge < -0.3 is 20.5 Å². The van der Waals surface area contributed by atoms with Crippen molar-refractivity contribution in [3.63, 3.8) is 0 Å². The van der Waals surface area contributed by atoms with E-state index in [0.29, 0.717) is 24.4 Å². The highest BCUT2D eigenvalue weighted by Crippen LogP contribution is 2.44. The van der Waals surface area contributed by atoms with Crippen LogP contribution in [-0.2, 0) is 0 Å². The minimum absolute atomic E-state index is 0.349. The summed E-state index contributed by atoms with van der Waals surface area (Å²) in [6.45, 7) is 4.78. The Bertz CT molecular complexity index is 783. The van der Waals surface area contributed by atoms with Gasteiger partial charge >= 0.3 is 0 Å². The van der Waals surface area contributed by atoms with Crippen molar-refractivity contribution in [2.24, 2.45) is 5.73 Å². The third kappa shape index (κ3) is 3.19. The molecule has 5 heteroatoms. The molecule has 1 aliphatic rings. The highest BCUT2D eigenvalue weighted by Gasteiger charge is 2.45. The van der Waals surface area contributed by atoms with Gasteiger partial charge in [0.05, 0.1) is 17.7 Å². The van der Waals surface area contributed by atoms with E-state index in [-0.39, 0.29) is 6.04 Å². The van der Waals surface area contributed by atoms with E-state index in [2.05, 4.69) is 11.0 Å². The predicted molar refractivity (Wildman–Crippen MR) is 97.5 cm³/mol. The van der Waals surface area contributed by atoms with Crippen LogP contribution in [0.25, 0.3) is 0 Å². The second-order valence-corrected chi connectivity index (χ2v) is 6.78. The Morgan fingerprint density at radius 3 is 2.60 bits per heavy atom. The largest absolute Gasteiger partial charge is 0.485 e. The number of anilines is 1. The number of nitrogens with two attached hydrogens (primary N) is 1. The molecule has 0 unspecified atom stereocenters. The van der Waals surface area contributed by atoms with E-state index < -0.39 is 11.7 Å². The van der Waals surface area contributed by atoms with Gasteiger partial charge in [-0.1, -0.05) is 18.2 Å². The van der Waals surface area contributed by atoms with Crippen LogP contribution in [0.3, 0.4) is 0 Å². The lowest BCUT2D eigenvalue weighted by Crippen LogP contribution is -2.54. The first-order valence-corrected chi connectivity index (χ1v) is 8.41. The van der Waals surface area contributed by atoms with Crippen LogP contribution in [0.15, 0.2) is 48.5 Å². The van der Waals surface area contributed by atoms with Crippen molar-refractivity contribution in [2.75, 3.05) is 18.0 Å². The maximum atomic E-state index is 11.1. The van der Waals surface area contributed by atoms with Crippen LogP contribution in [0.1, 0.15) is 31.0 Å². The minimum atomic E-state index is -0.777. The van der Waals surface area contributed by atoms with E-state index in [9.17, 15) is 10.4 Å². The fraction of sp³-hybridized carbons (Fsp3) is 0.350. The van der Waals surface area contributed by atoms with Gasteiger partial charge in [0.25, 0.3) is 0 Å². The molecule has 25 heavy (non-hydrogen) atoms. The number of ether oxygens (including phenoxy) is 1. The molecule has 2 aromatic carbocycles. The summed E-state index contributed by atoms with van der Waals surface area (Å²) < 4.78 is 6.01. The smallest absolute Gasteiger partial charge is 0.132 e. The van der Waals surface area contributed by atoms with Gasteiger partial charge in [-0.3, -0.25) is 0 Å². The lowest BCUT2D eigenvalue weighted by Gasteiger charge is -2.47. The Kier molecular flexibility index (Phi) is 4.67. The van der Waals surface area contributed by atoms with Gasteiger partial charge in [0.15, 0.2) is 0 Å². The summed E-state index contributed by atoms with van der Waals surface area (Å²) in [5.41, 5.74) is 7.42. The summed E-state index contributed by atoms with van der Waals surface area (Å²) in [5.74, 6) is 0.692. The van der Waals surface area contributed by atoms with Crippen LogP contribution >= 0.6 is 0 Å². The van der Waals surface area contributed by atoms with E-state index in [1.807, 2.05) is 44.2 Å². The number of rotatable bonds is 4. The average Bonchev–Trinajstić information content (AvgIpc) is 2.62. The molecular weight excluding hydrogens is 314 g/mol. The molecule has 0 spiro atoms. The standard InChI is InChI=1S/C20H23N3O2/c1-20(2)19(24)18(16-12-14(13-22)8-9-17(16)25-20)23(11-10-21)15-6-4-3-5-7-15/h3-9,12,18-19,24H,10-11,21H2,1-2H3/t18-,19+/m0/s1. The molecule has 2 aromatic rings. The number of hydrogen-bond acceptors (Lipinski definition) is 5. The first-order chi connectivity index (χ1) is 12.0. The summed E-state index contributed by atoms with van der Waals surface area (Å²) in [6, 6.07) is 17.0. The van der Waals surface area contributed by atoms with Crippen LogP contribution in [0.4, 0.5) is 5.69 Å². The Balaban J connectivity index is 2.16. The zero-order chi connectivity index (χ0) is 18.0. The quantitative estimate of drug-likeness (QED) is 0.896. The second kappa shape index (κ2) is 6.75. The Morgan fingerprint density at radius 2 is 1.96 bits per heavy atom. The van der Waals surface area contributed by atoms with Crippen molar-refractivity contribution in [1.82, 2.24) is 0 Å². The van der Waals surface area contributed by atoms with Crippen LogP contribution < -0.4 is 15.4 Å². The lowest BCUT2D eigenvalue weighted by molar-refractivity contribution is -0.0586. The van der Waals surface area contributed by atoms with E-state index in [1.54, 1.807) is 18.2 Å². The normalized spacial score (nSPS) is 20.9. The Hall–Kier alpha value is -2.55. The maximum Gasteiger partial charge on any atom is 0.132 e. The van der Waals surface area contributed by atoms with E-state index in [1.165, 1.54) is 0 Å². The minimum Gasteiger partial charge on any atom is -0.485 e. The molecule has 0 aliphatic carbocycles. The summed E-state index contributed by atoms with van der Waals surface area (Å²) in [4.78, 5) is 2.09. The summed E-state index contributed by atoms with van der Waals surface area (Å²) in [7, 11) is 0. The second-order valence-electron chi connectivity index (χ2n) is 6.78. The molecule has 0 saturated heterocycles. The molecule has 3 rings (SSSR count). The third-order valence-electron chi connectivity index (χ3n) is 4.64. The third-order valence-corrected chi connectivity index (χ3v) is 4.64. The summed E-state index contributed by atoms with van der Waals surface area (Å²) in [6.07, 6.45) is -0.777. The summed E-state index contributed by atoms with van der Waals surface area (Å²) in [5, 5.41) is 20.3. The molecule has 1 aliphatic heterocycles. The van der Waals surface area contributed by atoms with Crippen molar-refractivity contribution < 1.29 is 9.84 Å². The van der Waals surface area contributed by atoms with Gasteiger partial charge in [-0.25, -0.2) is 0 Å². The lowest BCUT2D eigenvalue weighted by atomic mass is 9.84. The van der Waals surface area contributed by atoms with Crippen molar-refractivity contribution in [3.8, 4) is 11.8 Å².